The molecule has 1 heterocycles. The Morgan fingerprint density at radius 2 is 2.21 bits per heavy atom. The van der Waals surface area contributed by atoms with Crippen molar-refractivity contribution in [1.82, 2.24) is 4.98 Å². The Bertz CT molecular complexity index is 587. The van der Waals surface area contributed by atoms with Crippen molar-refractivity contribution in [3.63, 3.8) is 0 Å². The number of halogens is 1. The van der Waals surface area contributed by atoms with Crippen LogP contribution in [0.3, 0.4) is 0 Å². The van der Waals surface area contributed by atoms with Gasteiger partial charge in [0, 0.05) is 28.8 Å². The Labute approximate surface area is 117 Å². The van der Waals surface area contributed by atoms with Crippen molar-refractivity contribution in [3.8, 4) is 0 Å². The summed E-state index contributed by atoms with van der Waals surface area (Å²) in [6, 6.07) is 7.75. The Kier molecular flexibility index (Phi) is 3.58. The number of aliphatic hydroxyl groups excluding tert-OH is 1. The summed E-state index contributed by atoms with van der Waals surface area (Å²) in [6.45, 7) is 0.902. The number of nitrogens with zero attached hydrogens (tertiary/aromatic N) is 1. The van der Waals surface area contributed by atoms with Gasteiger partial charge in [-0.2, -0.15) is 0 Å². The molecule has 1 saturated carbocycles. The second kappa shape index (κ2) is 5.35. The second-order valence-electron chi connectivity index (χ2n) is 5.23. The number of benzene rings is 1. The van der Waals surface area contributed by atoms with Gasteiger partial charge in [0.05, 0.1) is 11.6 Å². The predicted octanol–water partition coefficient (Wildman–Crippen LogP) is 3.46. The van der Waals surface area contributed by atoms with Gasteiger partial charge in [0.1, 0.15) is 0 Å². The molecule has 4 heteroatoms. The second-order valence-corrected chi connectivity index (χ2v) is 5.67. The van der Waals surface area contributed by atoms with Crippen LogP contribution in [0, 0.1) is 5.92 Å². The molecule has 1 fully saturated rings. The van der Waals surface area contributed by atoms with Crippen molar-refractivity contribution in [2.45, 2.75) is 25.4 Å². The van der Waals surface area contributed by atoms with E-state index in [1.807, 2.05) is 24.3 Å². The van der Waals surface area contributed by atoms with Crippen LogP contribution in [-0.4, -0.2) is 22.7 Å². The molecule has 0 radical (unpaired) electrons. The Morgan fingerprint density at radius 1 is 1.32 bits per heavy atom. The molecule has 2 N–H and O–H groups in total. The van der Waals surface area contributed by atoms with Crippen molar-refractivity contribution in [1.29, 1.82) is 0 Å². The molecule has 19 heavy (non-hydrogen) atoms. The SMILES string of the molecule is OC1CCC(CNc2ccnc3cc(Cl)ccc23)C1. The molecular formula is C15H17ClN2O. The smallest absolute Gasteiger partial charge is 0.0737 e. The fourth-order valence-corrected chi connectivity index (χ4v) is 2.93. The van der Waals surface area contributed by atoms with Crippen molar-refractivity contribution < 1.29 is 5.11 Å². The number of rotatable bonds is 3. The molecule has 0 amide bonds. The molecule has 1 aromatic heterocycles. The maximum atomic E-state index is 9.55. The van der Waals surface area contributed by atoms with E-state index < -0.39 is 0 Å². The summed E-state index contributed by atoms with van der Waals surface area (Å²) in [4.78, 5) is 4.33. The van der Waals surface area contributed by atoms with E-state index in [4.69, 9.17) is 11.6 Å². The maximum absolute atomic E-state index is 9.55. The van der Waals surface area contributed by atoms with Crippen molar-refractivity contribution >= 4 is 28.2 Å². The number of pyridine rings is 1. The van der Waals surface area contributed by atoms with E-state index in [0.29, 0.717) is 10.9 Å². The quantitative estimate of drug-likeness (QED) is 0.902. The highest BCUT2D eigenvalue weighted by Crippen LogP contribution is 2.28. The molecule has 0 aliphatic heterocycles. The molecule has 0 spiro atoms. The third-order valence-electron chi connectivity index (χ3n) is 3.80. The molecule has 0 saturated heterocycles. The highest BCUT2D eigenvalue weighted by atomic mass is 35.5. The van der Waals surface area contributed by atoms with Gasteiger partial charge >= 0.3 is 0 Å². The first-order chi connectivity index (χ1) is 9.22. The van der Waals surface area contributed by atoms with E-state index in [1.165, 1.54) is 0 Å². The van der Waals surface area contributed by atoms with E-state index >= 15 is 0 Å². The highest BCUT2D eigenvalue weighted by Gasteiger charge is 2.22. The van der Waals surface area contributed by atoms with Gasteiger partial charge in [-0.15, -0.1) is 0 Å². The van der Waals surface area contributed by atoms with Gasteiger partial charge < -0.3 is 10.4 Å². The van der Waals surface area contributed by atoms with E-state index in [2.05, 4.69) is 10.3 Å². The summed E-state index contributed by atoms with van der Waals surface area (Å²) in [5, 5.41) is 14.8. The standard InChI is InChI=1S/C15H17ClN2O/c16-11-2-4-13-14(5-6-17-15(13)8-11)18-9-10-1-3-12(19)7-10/h2,4-6,8,10,12,19H,1,3,7,9H2,(H,17,18). The van der Waals surface area contributed by atoms with Crippen molar-refractivity contribution in [2.24, 2.45) is 5.92 Å². The van der Waals surface area contributed by atoms with Gasteiger partial charge in [-0.05, 0) is 49.4 Å². The fourth-order valence-electron chi connectivity index (χ4n) is 2.76. The average molecular weight is 277 g/mol. The van der Waals surface area contributed by atoms with Gasteiger partial charge in [0.2, 0.25) is 0 Å². The third-order valence-corrected chi connectivity index (χ3v) is 4.03. The average Bonchev–Trinajstić information content (AvgIpc) is 2.81. The molecular weight excluding hydrogens is 260 g/mol. The van der Waals surface area contributed by atoms with Crippen LogP contribution < -0.4 is 5.32 Å². The number of aliphatic hydroxyl groups is 1. The van der Waals surface area contributed by atoms with Crippen LogP contribution in [0.1, 0.15) is 19.3 Å². The minimum atomic E-state index is -0.111. The number of aromatic nitrogens is 1. The molecule has 1 aromatic carbocycles. The van der Waals surface area contributed by atoms with E-state index in [9.17, 15) is 5.11 Å². The summed E-state index contributed by atoms with van der Waals surface area (Å²) >= 11 is 5.98. The van der Waals surface area contributed by atoms with Gasteiger partial charge in [0.15, 0.2) is 0 Å². The van der Waals surface area contributed by atoms with Crippen molar-refractivity contribution in [3.05, 3.63) is 35.5 Å². The molecule has 3 nitrogen and oxygen atoms in total. The van der Waals surface area contributed by atoms with Gasteiger partial charge in [0.25, 0.3) is 0 Å². The Balaban J connectivity index is 1.77. The minimum absolute atomic E-state index is 0.111. The van der Waals surface area contributed by atoms with Gasteiger partial charge in [-0.3, -0.25) is 4.98 Å². The molecule has 2 unspecified atom stereocenters. The van der Waals surface area contributed by atoms with Crippen LogP contribution in [0.15, 0.2) is 30.5 Å². The van der Waals surface area contributed by atoms with E-state index in [-0.39, 0.29) is 6.10 Å². The lowest BCUT2D eigenvalue weighted by molar-refractivity contribution is 0.178. The molecule has 0 bridgehead atoms. The fraction of sp³-hybridized carbons (Fsp3) is 0.400. The molecule has 3 rings (SSSR count). The van der Waals surface area contributed by atoms with Crippen LogP contribution in [0.5, 0.6) is 0 Å². The zero-order valence-electron chi connectivity index (χ0n) is 10.6. The van der Waals surface area contributed by atoms with E-state index in [0.717, 1.165) is 42.4 Å². The normalized spacial score (nSPS) is 22.8. The first kappa shape index (κ1) is 12.7. The topological polar surface area (TPSA) is 45.1 Å². The lowest BCUT2D eigenvalue weighted by Gasteiger charge is -2.13. The number of hydrogen-bond acceptors (Lipinski definition) is 3. The monoisotopic (exact) mass is 276 g/mol. The summed E-state index contributed by atoms with van der Waals surface area (Å²) < 4.78 is 0. The molecule has 100 valence electrons. The van der Waals surface area contributed by atoms with Crippen LogP contribution in [0.4, 0.5) is 5.69 Å². The molecule has 2 aromatic rings. The molecule has 2 atom stereocenters. The lowest BCUT2D eigenvalue weighted by Crippen LogP contribution is -2.12. The number of fused-ring (bicyclic) bond motifs is 1. The zero-order valence-corrected chi connectivity index (χ0v) is 11.4. The summed E-state index contributed by atoms with van der Waals surface area (Å²) in [7, 11) is 0. The van der Waals surface area contributed by atoms with Crippen LogP contribution in [0.25, 0.3) is 10.9 Å². The number of hydrogen-bond donors (Lipinski definition) is 2. The Morgan fingerprint density at radius 3 is 3.00 bits per heavy atom. The zero-order chi connectivity index (χ0) is 13.2. The minimum Gasteiger partial charge on any atom is -0.393 e. The summed E-state index contributed by atoms with van der Waals surface area (Å²) in [5.41, 5.74) is 1.99. The first-order valence-electron chi connectivity index (χ1n) is 6.68. The predicted molar refractivity (Wildman–Crippen MR) is 78.6 cm³/mol. The lowest BCUT2D eigenvalue weighted by atomic mass is 10.1. The summed E-state index contributed by atoms with van der Waals surface area (Å²) in [6.07, 6.45) is 4.62. The number of nitrogens with one attached hydrogen (secondary N) is 1. The van der Waals surface area contributed by atoms with Crippen LogP contribution in [-0.2, 0) is 0 Å². The third kappa shape index (κ3) is 2.82. The van der Waals surface area contributed by atoms with Gasteiger partial charge in [-0.1, -0.05) is 11.6 Å². The van der Waals surface area contributed by atoms with E-state index in [1.54, 1.807) is 6.20 Å². The molecule has 1 aliphatic carbocycles. The van der Waals surface area contributed by atoms with Crippen molar-refractivity contribution in [2.75, 3.05) is 11.9 Å². The first-order valence-corrected chi connectivity index (χ1v) is 7.06. The van der Waals surface area contributed by atoms with Crippen LogP contribution in [0.2, 0.25) is 5.02 Å². The van der Waals surface area contributed by atoms with Gasteiger partial charge in [-0.25, -0.2) is 0 Å². The Hall–Kier alpha value is -1.32. The molecule has 1 aliphatic rings. The number of anilines is 1. The largest absolute Gasteiger partial charge is 0.393 e. The van der Waals surface area contributed by atoms with Crippen LogP contribution >= 0.6 is 11.6 Å². The summed E-state index contributed by atoms with van der Waals surface area (Å²) in [5.74, 6) is 0.561. The highest BCUT2D eigenvalue weighted by molar-refractivity contribution is 6.31. The maximum Gasteiger partial charge on any atom is 0.0737 e.